The molecule has 0 aliphatic heterocycles. The molecule has 1 aromatic rings. The van der Waals surface area contributed by atoms with Crippen LogP contribution in [0.25, 0.3) is 0 Å². The smallest absolute Gasteiger partial charge is 0.189 e. The van der Waals surface area contributed by atoms with Crippen molar-refractivity contribution in [2.75, 3.05) is 0 Å². The molecule has 1 aromatic carbocycles. The number of hydrogen-bond donors (Lipinski definition) is 2. The van der Waals surface area contributed by atoms with Crippen LogP contribution in [-0.2, 0) is 18.3 Å². The number of phenols is 2. The average Bonchev–Trinajstić information content (AvgIpc) is 2.38. The number of rotatable bonds is 0. The van der Waals surface area contributed by atoms with Crippen LogP contribution in [0.4, 0.5) is 0 Å². The Bertz CT molecular complexity index is 691. The molecule has 20 heavy (non-hydrogen) atoms. The highest BCUT2D eigenvalue weighted by molar-refractivity contribution is 6.10. The lowest BCUT2D eigenvalue weighted by Gasteiger charge is -2.31. The van der Waals surface area contributed by atoms with Crippen LogP contribution in [0.3, 0.4) is 0 Å². The van der Waals surface area contributed by atoms with Crippen molar-refractivity contribution in [3.8, 4) is 11.5 Å². The molecule has 3 nitrogen and oxygen atoms in total. The number of aromatic hydroxyl groups is 2. The van der Waals surface area contributed by atoms with E-state index in [1.165, 1.54) is 6.08 Å². The molecule has 104 valence electrons. The molecule has 3 rings (SSSR count). The Morgan fingerprint density at radius 1 is 1.15 bits per heavy atom. The molecular formula is C17H18O3. The fourth-order valence-electron chi connectivity index (χ4n) is 3.18. The first-order valence-corrected chi connectivity index (χ1v) is 6.82. The number of hydrogen-bond acceptors (Lipinski definition) is 3. The van der Waals surface area contributed by atoms with E-state index in [0.29, 0.717) is 24.0 Å². The molecule has 0 aromatic heterocycles. The maximum absolute atomic E-state index is 12.1. The van der Waals surface area contributed by atoms with Crippen LogP contribution >= 0.6 is 0 Å². The van der Waals surface area contributed by atoms with Gasteiger partial charge in [0.2, 0.25) is 0 Å². The molecule has 0 atom stereocenters. The second-order valence-corrected chi connectivity index (χ2v) is 6.25. The van der Waals surface area contributed by atoms with E-state index in [4.69, 9.17) is 0 Å². The summed E-state index contributed by atoms with van der Waals surface area (Å²) in [7, 11) is 0. The Morgan fingerprint density at radius 3 is 2.55 bits per heavy atom. The molecule has 0 saturated heterocycles. The molecule has 0 saturated carbocycles. The van der Waals surface area contributed by atoms with Gasteiger partial charge in [0.15, 0.2) is 5.78 Å². The Morgan fingerprint density at radius 2 is 1.85 bits per heavy atom. The molecule has 0 heterocycles. The van der Waals surface area contributed by atoms with Crippen molar-refractivity contribution in [2.24, 2.45) is 0 Å². The van der Waals surface area contributed by atoms with Crippen LogP contribution in [0, 0.1) is 0 Å². The molecule has 0 radical (unpaired) electrons. The van der Waals surface area contributed by atoms with E-state index in [1.54, 1.807) is 6.08 Å². The van der Waals surface area contributed by atoms with Crippen molar-refractivity contribution in [1.29, 1.82) is 0 Å². The van der Waals surface area contributed by atoms with E-state index in [1.807, 2.05) is 20.8 Å². The zero-order valence-corrected chi connectivity index (χ0v) is 11.9. The molecule has 0 fully saturated rings. The lowest BCUT2D eigenvalue weighted by Crippen LogP contribution is -2.24. The van der Waals surface area contributed by atoms with Gasteiger partial charge in [0.1, 0.15) is 11.5 Å². The van der Waals surface area contributed by atoms with E-state index >= 15 is 0 Å². The fourth-order valence-corrected chi connectivity index (χ4v) is 3.18. The van der Waals surface area contributed by atoms with Crippen molar-refractivity contribution in [3.05, 3.63) is 46.1 Å². The van der Waals surface area contributed by atoms with Gasteiger partial charge >= 0.3 is 0 Å². The Kier molecular flexibility index (Phi) is 2.58. The predicted octanol–water partition coefficient (Wildman–Crippen LogP) is 3.17. The van der Waals surface area contributed by atoms with Crippen LogP contribution in [0.5, 0.6) is 11.5 Å². The third-order valence-corrected chi connectivity index (χ3v) is 4.31. The second kappa shape index (κ2) is 3.98. The maximum atomic E-state index is 12.1. The van der Waals surface area contributed by atoms with Crippen LogP contribution < -0.4 is 0 Å². The van der Waals surface area contributed by atoms with E-state index in [9.17, 15) is 15.0 Å². The van der Waals surface area contributed by atoms with Crippen molar-refractivity contribution >= 4 is 5.78 Å². The molecule has 2 aliphatic rings. The minimum Gasteiger partial charge on any atom is -0.507 e. The summed E-state index contributed by atoms with van der Waals surface area (Å²) < 4.78 is 0. The third kappa shape index (κ3) is 1.62. The van der Waals surface area contributed by atoms with Crippen molar-refractivity contribution < 1.29 is 15.0 Å². The van der Waals surface area contributed by atoms with Gasteiger partial charge in [0, 0.05) is 22.1 Å². The Labute approximate surface area is 118 Å². The minimum absolute atomic E-state index is 0.0441. The van der Waals surface area contributed by atoms with Gasteiger partial charge in [-0.1, -0.05) is 31.6 Å². The first kappa shape index (κ1) is 13.0. The zero-order chi connectivity index (χ0) is 14.7. The minimum atomic E-state index is -0.462. The van der Waals surface area contributed by atoms with Gasteiger partial charge in [-0.3, -0.25) is 4.79 Å². The molecule has 0 bridgehead atoms. The third-order valence-electron chi connectivity index (χ3n) is 4.31. The van der Waals surface area contributed by atoms with Gasteiger partial charge in [-0.25, -0.2) is 0 Å². The molecule has 0 amide bonds. The van der Waals surface area contributed by atoms with Crippen LogP contribution in [0.15, 0.2) is 23.8 Å². The topological polar surface area (TPSA) is 57.5 Å². The lowest BCUT2D eigenvalue weighted by molar-refractivity contribution is 0.103. The molecule has 2 N–H and O–H groups in total. The lowest BCUT2D eigenvalue weighted by atomic mass is 9.73. The molecule has 2 aliphatic carbocycles. The normalized spacial score (nSPS) is 19.4. The highest BCUT2D eigenvalue weighted by Gasteiger charge is 2.36. The summed E-state index contributed by atoms with van der Waals surface area (Å²) >= 11 is 0. The Balaban J connectivity index is 2.38. The summed E-state index contributed by atoms with van der Waals surface area (Å²) in [5, 5.41) is 21.2. The monoisotopic (exact) mass is 270 g/mol. The standard InChI is InChI=1S/C17H18O3/c1-9-4-5-10-11(8-9)15(19)13-12(18)6-7-17(2,3)14(13)16(10)20/h4,6-7,19-20H,5,8H2,1-3H3. The molecule has 3 heteroatoms. The molecular weight excluding hydrogens is 252 g/mol. The number of fused-ring (bicyclic) bond motifs is 2. The Hall–Kier alpha value is -2.03. The van der Waals surface area contributed by atoms with Gasteiger partial charge < -0.3 is 10.2 Å². The van der Waals surface area contributed by atoms with Gasteiger partial charge in [0.05, 0.1) is 5.56 Å². The van der Waals surface area contributed by atoms with Gasteiger partial charge in [-0.15, -0.1) is 0 Å². The van der Waals surface area contributed by atoms with Gasteiger partial charge in [-0.05, 0) is 25.8 Å². The van der Waals surface area contributed by atoms with Crippen molar-refractivity contribution in [3.63, 3.8) is 0 Å². The zero-order valence-electron chi connectivity index (χ0n) is 11.9. The van der Waals surface area contributed by atoms with Gasteiger partial charge in [-0.2, -0.15) is 0 Å². The molecule has 0 unspecified atom stereocenters. The van der Waals surface area contributed by atoms with Crippen LogP contribution in [-0.4, -0.2) is 16.0 Å². The van der Waals surface area contributed by atoms with Crippen LogP contribution in [0.1, 0.15) is 47.8 Å². The summed E-state index contributed by atoms with van der Waals surface area (Å²) in [5.41, 5.74) is 2.95. The summed E-state index contributed by atoms with van der Waals surface area (Å²) in [6.07, 6.45) is 6.51. The van der Waals surface area contributed by atoms with Gasteiger partial charge in [0.25, 0.3) is 0 Å². The summed E-state index contributed by atoms with van der Waals surface area (Å²) in [6, 6.07) is 0. The number of carbonyl (C=O) groups excluding carboxylic acids is 1. The quantitative estimate of drug-likeness (QED) is 0.562. The highest BCUT2D eigenvalue weighted by atomic mass is 16.3. The van der Waals surface area contributed by atoms with E-state index in [-0.39, 0.29) is 22.8 Å². The predicted molar refractivity (Wildman–Crippen MR) is 77.4 cm³/mol. The number of allylic oxidation sites excluding steroid dienone is 4. The summed E-state index contributed by atoms with van der Waals surface area (Å²) in [6.45, 7) is 5.86. The van der Waals surface area contributed by atoms with Crippen molar-refractivity contribution in [1.82, 2.24) is 0 Å². The van der Waals surface area contributed by atoms with E-state index < -0.39 is 5.41 Å². The highest BCUT2D eigenvalue weighted by Crippen LogP contribution is 2.48. The fraction of sp³-hybridized carbons (Fsp3) is 0.353. The number of benzene rings is 1. The van der Waals surface area contributed by atoms with Crippen LogP contribution in [0.2, 0.25) is 0 Å². The second-order valence-electron chi connectivity index (χ2n) is 6.25. The first-order valence-electron chi connectivity index (χ1n) is 6.82. The summed E-state index contributed by atoms with van der Waals surface area (Å²) in [5.74, 6) is -0.0240. The van der Waals surface area contributed by atoms with Crippen molar-refractivity contribution in [2.45, 2.75) is 39.0 Å². The average molecular weight is 270 g/mol. The summed E-state index contributed by atoms with van der Waals surface area (Å²) in [4.78, 5) is 12.1. The number of ketones is 1. The van der Waals surface area contributed by atoms with E-state index in [2.05, 4.69) is 6.08 Å². The number of phenolic OH excluding ortho intramolecular Hbond substituents is 2. The van der Waals surface area contributed by atoms with E-state index in [0.717, 1.165) is 11.1 Å². The SMILES string of the molecule is CC1=CCc2c(O)c3c(c(O)c2C1)C(=O)C=CC3(C)C. The maximum Gasteiger partial charge on any atom is 0.189 e. The largest absolute Gasteiger partial charge is 0.507 e. The molecule has 0 spiro atoms. The number of carbonyl (C=O) groups is 1. The first-order chi connectivity index (χ1) is 9.33.